The molecule has 0 atom stereocenters. The van der Waals surface area contributed by atoms with Crippen molar-refractivity contribution >= 4 is 39.1 Å². The highest BCUT2D eigenvalue weighted by Gasteiger charge is 2.03. The Morgan fingerprint density at radius 2 is 2.05 bits per heavy atom. The summed E-state index contributed by atoms with van der Waals surface area (Å²) in [5.74, 6) is -0.0483. The van der Waals surface area contributed by atoms with Crippen LogP contribution in [0, 0.1) is 6.92 Å². The Labute approximate surface area is 144 Å². The van der Waals surface area contributed by atoms with Gasteiger partial charge in [-0.15, -0.1) is 0 Å². The summed E-state index contributed by atoms with van der Waals surface area (Å²) in [5.41, 5.74) is 3.05. The Kier molecular flexibility index (Phi) is 6.43. The minimum absolute atomic E-state index is 0.0483. The largest absolute Gasteiger partial charge is 0.325 e. The molecule has 0 saturated heterocycles. The van der Waals surface area contributed by atoms with Gasteiger partial charge in [0, 0.05) is 15.2 Å². The Bertz CT molecular complexity index is 661. The molecule has 116 valence electrons. The molecule has 0 aromatic heterocycles. The van der Waals surface area contributed by atoms with Crippen molar-refractivity contribution in [3.8, 4) is 0 Å². The first-order valence-electron chi connectivity index (χ1n) is 7.06. The van der Waals surface area contributed by atoms with E-state index in [0.29, 0.717) is 0 Å². The van der Waals surface area contributed by atoms with Crippen LogP contribution in [0.3, 0.4) is 0 Å². The molecule has 0 spiro atoms. The van der Waals surface area contributed by atoms with Crippen molar-refractivity contribution in [2.24, 2.45) is 0 Å². The van der Waals surface area contributed by atoms with Gasteiger partial charge in [-0.2, -0.15) is 0 Å². The van der Waals surface area contributed by atoms with E-state index in [9.17, 15) is 4.79 Å². The van der Waals surface area contributed by atoms with Crippen LogP contribution in [-0.4, -0.2) is 19.0 Å². The lowest BCUT2D eigenvalue weighted by molar-refractivity contribution is -0.115. The van der Waals surface area contributed by atoms with Crippen LogP contribution in [0.25, 0.3) is 0 Å². The van der Waals surface area contributed by atoms with Crippen LogP contribution in [-0.2, 0) is 11.2 Å². The number of halogens is 2. The van der Waals surface area contributed by atoms with Gasteiger partial charge in [0.2, 0.25) is 5.91 Å². The average molecular weight is 382 g/mol. The number of carbonyl (C=O) groups is 1. The number of anilines is 1. The van der Waals surface area contributed by atoms with Gasteiger partial charge in [0.25, 0.3) is 0 Å². The smallest absolute Gasteiger partial charge is 0.238 e. The van der Waals surface area contributed by atoms with Gasteiger partial charge in [0.15, 0.2) is 0 Å². The molecule has 2 rings (SSSR count). The third-order valence-electron chi connectivity index (χ3n) is 3.21. The molecule has 0 saturated carbocycles. The number of amides is 1. The average Bonchev–Trinajstić information content (AvgIpc) is 2.48. The zero-order chi connectivity index (χ0) is 15.9. The first-order chi connectivity index (χ1) is 10.5. The molecule has 0 unspecified atom stereocenters. The van der Waals surface area contributed by atoms with Crippen LogP contribution in [0.5, 0.6) is 0 Å². The summed E-state index contributed by atoms with van der Waals surface area (Å²) in [6, 6.07) is 13.5. The maximum absolute atomic E-state index is 11.9. The lowest BCUT2D eigenvalue weighted by Gasteiger charge is -2.08. The zero-order valence-electron chi connectivity index (χ0n) is 12.3. The van der Waals surface area contributed by atoms with E-state index in [0.717, 1.165) is 39.3 Å². The quantitative estimate of drug-likeness (QED) is 0.737. The number of benzene rings is 2. The molecular weight excluding hydrogens is 364 g/mol. The van der Waals surface area contributed by atoms with E-state index in [1.54, 1.807) is 0 Å². The number of aryl methyl sites for hydroxylation is 1. The molecule has 2 aromatic rings. The molecule has 0 heterocycles. The topological polar surface area (TPSA) is 41.1 Å². The molecule has 3 nitrogen and oxygen atoms in total. The second-order valence-electron chi connectivity index (χ2n) is 5.07. The number of nitrogens with one attached hydrogen (secondary N) is 2. The molecular formula is C17H18BrClN2O. The number of hydrogen-bond donors (Lipinski definition) is 2. The predicted molar refractivity (Wildman–Crippen MR) is 95.5 cm³/mol. The third kappa shape index (κ3) is 5.44. The van der Waals surface area contributed by atoms with Crippen molar-refractivity contribution in [1.29, 1.82) is 0 Å². The van der Waals surface area contributed by atoms with Gasteiger partial charge in [0.05, 0.1) is 6.54 Å². The zero-order valence-corrected chi connectivity index (χ0v) is 14.7. The Morgan fingerprint density at radius 3 is 2.77 bits per heavy atom. The fourth-order valence-corrected chi connectivity index (χ4v) is 2.51. The summed E-state index contributed by atoms with van der Waals surface area (Å²) in [6.45, 7) is 3.01. The molecule has 1 amide bonds. The molecule has 5 heteroatoms. The van der Waals surface area contributed by atoms with Crippen LogP contribution in [0.4, 0.5) is 5.69 Å². The van der Waals surface area contributed by atoms with E-state index in [1.807, 2.05) is 49.4 Å². The van der Waals surface area contributed by atoms with E-state index in [-0.39, 0.29) is 12.5 Å². The van der Waals surface area contributed by atoms with Crippen molar-refractivity contribution in [2.75, 3.05) is 18.4 Å². The van der Waals surface area contributed by atoms with E-state index >= 15 is 0 Å². The molecule has 0 fully saturated rings. The normalized spacial score (nSPS) is 10.5. The SMILES string of the molecule is Cc1cc(NC(=O)CNCCc2cccc(Cl)c2)ccc1Br. The molecule has 0 aliphatic carbocycles. The molecule has 2 aromatic carbocycles. The standard InChI is InChI=1S/C17H18BrClN2O/c1-12-9-15(5-6-16(12)18)21-17(22)11-20-8-7-13-3-2-4-14(19)10-13/h2-6,9-10,20H,7-8,11H2,1H3,(H,21,22). The molecule has 0 aliphatic rings. The lowest BCUT2D eigenvalue weighted by Crippen LogP contribution is -2.29. The van der Waals surface area contributed by atoms with Crippen molar-refractivity contribution in [3.63, 3.8) is 0 Å². The maximum atomic E-state index is 11.9. The lowest BCUT2D eigenvalue weighted by atomic mass is 10.1. The first kappa shape index (κ1) is 17.0. The van der Waals surface area contributed by atoms with Gasteiger partial charge >= 0.3 is 0 Å². The Morgan fingerprint density at radius 1 is 1.23 bits per heavy atom. The summed E-state index contributed by atoms with van der Waals surface area (Å²) in [7, 11) is 0. The van der Waals surface area contributed by atoms with Gasteiger partial charge in [-0.25, -0.2) is 0 Å². The summed E-state index contributed by atoms with van der Waals surface area (Å²) in [4.78, 5) is 11.9. The summed E-state index contributed by atoms with van der Waals surface area (Å²) < 4.78 is 1.03. The Balaban J connectivity index is 1.72. The predicted octanol–water partition coefficient (Wildman–Crippen LogP) is 4.18. The van der Waals surface area contributed by atoms with Crippen molar-refractivity contribution in [2.45, 2.75) is 13.3 Å². The summed E-state index contributed by atoms with van der Waals surface area (Å²) in [6.07, 6.45) is 0.839. The van der Waals surface area contributed by atoms with Crippen molar-refractivity contribution in [1.82, 2.24) is 5.32 Å². The highest BCUT2D eigenvalue weighted by atomic mass is 79.9. The Hall–Kier alpha value is -1.36. The van der Waals surface area contributed by atoms with Gasteiger partial charge in [0.1, 0.15) is 0 Å². The third-order valence-corrected chi connectivity index (χ3v) is 4.33. The number of rotatable bonds is 6. The van der Waals surface area contributed by atoms with E-state index in [1.165, 1.54) is 0 Å². The van der Waals surface area contributed by atoms with Crippen LogP contribution in [0.2, 0.25) is 5.02 Å². The first-order valence-corrected chi connectivity index (χ1v) is 8.23. The monoisotopic (exact) mass is 380 g/mol. The van der Waals surface area contributed by atoms with Crippen LogP contribution >= 0.6 is 27.5 Å². The van der Waals surface area contributed by atoms with Crippen LogP contribution in [0.1, 0.15) is 11.1 Å². The minimum atomic E-state index is -0.0483. The second-order valence-corrected chi connectivity index (χ2v) is 6.36. The maximum Gasteiger partial charge on any atom is 0.238 e. The van der Waals surface area contributed by atoms with Crippen LogP contribution in [0.15, 0.2) is 46.9 Å². The highest BCUT2D eigenvalue weighted by Crippen LogP contribution is 2.19. The van der Waals surface area contributed by atoms with Crippen molar-refractivity contribution < 1.29 is 4.79 Å². The van der Waals surface area contributed by atoms with Crippen LogP contribution < -0.4 is 10.6 Å². The van der Waals surface area contributed by atoms with E-state index in [2.05, 4.69) is 26.6 Å². The highest BCUT2D eigenvalue weighted by molar-refractivity contribution is 9.10. The summed E-state index contributed by atoms with van der Waals surface area (Å²) >= 11 is 9.37. The fraction of sp³-hybridized carbons (Fsp3) is 0.235. The molecule has 22 heavy (non-hydrogen) atoms. The van der Waals surface area contributed by atoms with Gasteiger partial charge < -0.3 is 10.6 Å². The summed E-state index contributed by atoms with van der Waals surface area (Å²) in [5, 5.41) is 6.75. The molecule has 0 radical (unpaired) electrons. The van der Waals surface area contributed by atoms with Gasteiger partial charge in [-0.3, -0.25) is 4.79 Å². The van der Waals surface area contributed by atoms with E-state index in [4.69, 9.17) is 11.6 Å². The van der Waals surface area contributed by atoms with Crippen molar-refractivity contribution in [3.05, 3.63) is 63.1 Å². The van der Waals surface area contributed by atoms with E-state index < -0.39 is 0 Å². The second kappa shape index (κ2) is 8.32. The molecule has 0 bridgehead atoms. The number of hydrogen-bond acceptors (Lipinski definition) is 2. The van der Waals surface area contributed by atoms with Gasteiger partial charge in [-0.05, 0) is 61.3 Å². The number of carbonyl (C=O) groups excluding carboxylic acids is 1. The molecule has 2 N–H and O–H groups in total. The minimum Gasteiger partial charge on any atom is -0.325 e. The van der Waals surface area contributed by atoms with Gasteiger partial charge in [-0.1, -0.05) is 39.7 Å². The fourth-order valence-electron chi connectivity index (χ4n) is 2.05. The molecule has 0 aliphatic heterocycles.